The molecule has 0 unspecified atom stereocenters. The molecule has 2 N–H and O–H groups in total. The molecule has 0 spiro atoms. The van der Waals surface area contributed by atoms with Gasteiger partial charge in [0.1, 0.15) is 12.4 Å². The first-order chi connectivity index (χ1) is 16.2. The molecule has 1 atom stereocenters. The summed E-state index contributed by atoms with van der Waals surface area (Å²) in [6.07, 6.45) is 2.52. The summed E-state index contributed by atoms with van der Waals surface area (Å²) in [5, 5.41) is 13.1. The molecule has 7 nitrogen and oxygen atoms in total. The number of carbonyl (C=O) groups excluding carboxylic acids is 1. The molecule has 9 heteroatoms. The fourth-order valence-corrected chi connectivity index (χ4v) is 5.53. The molecule has 1 aromatic heterocycles. The van der Waals surface area contributed by atoms with Gasteiger partial charge < -0.3 is 15.0 Å². The third-order valence-corrected chi connectivity index (χ3v) is 8.14. The van der Waals surface area contributed by atoms with Gasteiger partial charge in [-0.25, -0.2) is 12.8 Å². The van der Waals surface area contributed by atoms with E-state index in [0.29, 0.717) is 36.6 Å². The zero-order valence-electron chi connectivity index (χ0n) is 18.9. The number of aryl methyl sites for hydroxylation is 1. The number of carboxylic acids is 1. The number of hydrogen-bond donors (Lipinski definition) is 2. The summed E-state index contributed by atoms with van der Waals surface area (Å²) in [6, 6.07) is 10.8. The lowest BCUT2D eigenvalue weighted by Crippen LogP contribution is -2.39. The van der Waals surface area contributed by atoms with Gasteiger partial charge in [-0.1, -0.05) is 19.1 Å². The zero-order valence-corrected chi connectivity index (χ0v) is 19.7. The molecule has 0 aliphatic heterocycles. The number of amides is 1. The standard InChI is InChI=1S/C25H27FN2O5S/c1-2-34(32,33)19-8-3-16(4-9-19)5-12-24(29)27-18-7-11-23-21(14-18)20-13-17(26)6-10-22(20)28(23)15-25(30)31/h3-4,6,8-10,13,18H,2,5,7,11-12,14-15H2,1H3,(H,27,29)(H,30,31)/t18-/m0/s1. The van der Waals surface area contributed by atoms with Gasteiger partial charge in [0.25, 0.3) is 0 Å². The van der Waals surface area contributed by atoms with E-state index >= 15 is 0 Å². The fourth-order valence-electron chi connectivity index (χ4n) is 4.65. The summed E-state index contributed by atoms with van der Waals surface area (Å²) in [7, 11) is -3.25. The quantitative estimate of drug-likeness (QED) is 0.509. The van der Waals surface area contributed by atoms with Crippen LogP contribution in [0.25, 0.3) is 10.9 Å². The van der Waals surface area contributed by atoms with Gasteiger partial charge in [0.15, 0.2) is 9.84 Å². The number of halogens is 1. The Hall–Kier alpha value is -3.20. The van der Waals surface area contributed by atoms with Crippen LogP contribution in [0.4, 0.5) is 4.39 Å². The van der Waals surface area contributed by atoms with Crippen molar-refractivity contribution in [1.82, 2.24) is 9.88 Å². The van der Waals surface area contributed by atoms with Gasteiger partial charge in [-0.15, -0.1) is 0 Å². The third kappa shape index (κ3) is 4.99. The van der Waals surface area contributed by atoms with Gasteiger partial charge in [-0.3, -0.25) is 9.59 Å². The number of rotatable bonds is 8. The Morgan fingerprint density at radius 2 is 1.91 bits per heavy atom. The molecule has 0 saturated heterocycles. The number of aliphatic carboxylic acids is 1. The van der Waals surface area contributed by atoms with Crippen LogP contribution < -0.4 is 5.32 Å². The maximum atomic E-state index is 13.9. The summed E-state index contributed by atoms with van der Waals surface area (Å²) in [5.41, 5.74) is 3.34. The number of benzene rings is 2. The van der Waals surface area contributed by atoms with E-state index in [-0.39, 0.29) is 41.4 Å². The Bertz CT molecular complexity index is 1350. The van der Waals surface area contributed by atoms with E-state index in [1.54, 1.807) is 41.8 Å². The van der Waals surface area contributed by atoms with Gasteiger partial charge in [0, 0.05) is 29.1 Å². The maximum absolute atomic E-state index is 13.9. The molecule has 3 aromatic rings. The number of nitrogens with zero attached hydrogens (tertiary/aromatic N) is 1. The van der Waals surface area contributed by atoms with E-state index in [1.807, 2.05) is 0 Å². The molecule has 34 heavy (non-hydrogen) atoms. The van der Waals surface area contributed by atoms with Crippen LogP contribution in [-0.4, -0.2) is 41.8 Å². The average molecular weight is 487 g/mol. The van der Waals surface area contributed by atoms with Crippen molar-refractivity contribution in [2.24, 2.45) is 0 Å². The van der Waals surface area contributed by atoms with Crippen molar-refractivity contribution in [3.05, 3.63) is 65.1 Å². The fraction of sp³-hybridized carbons (Fsp3) is 0.360. The molecule has 1 aliphatic carbocycles. The second-order valence-electron chi connectivity index (χ2n) is 8.62. The van der Waals surface area contributed by atoms with Crippen molar-refractivity contribution < 1.29 is 27.5 Å². The largest absolute Gasteiger partial charge is 0.480 e. The number of carbonyl (C=O) groups is 2. The number of nitrogens with one attached hydrogen (secondary N) is 1. The van der Waals surface area contributed by atoms with Crippen LogP contribution in [0.1, 0.15) is 36.6 Å². The van der Waals surface area contributed by atoms with Crippen molar-refractivity contribution in [1.29, 1.82) is 0 Å². The molecule has 0 bridgehead atoms. The first-order valence-corrected chi connectivity index (χ1v) is 13.0. The molecular weight excluding hydrogens is 459 g/mol. The van der Waals surface area contributed by atoms with E-state index in [2.05, 4.69) is 5.32 Å². The normalized spacial score (nSPS) is 15.8. The van der Waals surface area contributed by atoms with Gasteiger partial charge in [0.2, 0.25) is 5.91 Å². The van der Waals surface area contributed by atoms with Crippen LogP contribution in [0.15, 0.2) is 47.4 Å². The van der Waals surface area contributed by atoms with Crippen molar-refractivity contribution in [2.75, 3.05) is 5.75 Å². The summed E-state index contributed by atoms with van der Waals surface area (Å²) in [6.45, 7) is 1.41. The van der Waals surface area contributed by atoms with Gasteiger partial charge in [-0.2, -0.15) is 0 Å². The summed E-state index contributed by atoms with van der Waals surface area (Å²) in [4.78, 5) is 24.2. The minimum Gasteiger partial charge on any atom is -0.480 e. The second-order valence-corrected chi connectivity index (χ2v) is 10.9. The van der Waals surface area contributed by atoms with Crippen molar-refractivity contribution in [2.45, 2.75) is 56.5 Å². The number of fused-ring (bicyclic) bond motifs is 3. The molecular formula is C25H27FN2O5S. The highest BCUT2D eigenvalue weighted by Crippen LogP contribution is 2.33. The van der Waals surface area contributed by atoms with Crippen LogP contribution >= 0.6 is 0 Å². The zero-order chi connectivity index (χ0) is 24.5. The molecule has 0 saturated carbocycles. The Labute approximate surface area is 197 Å². The number of aromatic nitrogens is 1. The molecule has 0 radical (unpaired) electrons. The van der Waals surface area contributed by atoms with Crippen molar-refractivity contribution >= 4 is 32.6 Å². The number of carboxylic acid groups (broad SMARTS) is 1. The number of sulfone groups is 1. The number of hydrogen-bond acceptors (Lipinski definition) is 4. The van der Waals surface area contributed by atoms with E-state index in [4.69, 9.17) is 0 Å². The van der Waals surface area contributed by atoms with Crippen molar-refractivity contribution in [3.63, 3.8) is 0 Å². The summed E-state index contributed by atoms with van der Waals surface area (Å²) < 4.78 is 39.5. The Kier molecular flexibility index (Phi) is 6.74. The lowest BCUT2D eigenvalue weighted by molar-refractivity contribution is -0.137. The lowest BCUT2D eigenvalue weighted by Gasteiger charge is -2.25. The van der Waals surface area contributed by atoms with Crippen LogP contribution in [-0.2, 0) is 45.2 Å². The Morgan fingerprint density at radius 1 is 1.18 bits per heavy atom. The molecule has 1 aliphatic rings. The monoisotopic (exact) mass is 486 g/mol. The smallest absolute Gasteiger partial charge is 0.323 e. The summed E-state index contributed by atoms with van der Waals surface area (Å²) >= 11 is 0. The highest BCUT2D eigenvalue weighted by Gasteiger charge is 2.27. The first kappa shape index (κ1) is 23.9. The Morgan fingerprint density at radius 3 is 2.59 bits per heavy atom. The average Bonchev–Trinajstić information content (AvgIpc) is 3.09. The van der Waals surface area contributed by atoms with Crippen LogP contribution in [0.2, 0.25) is 0 Å². The van der Waals surface area contributed by atoms with E-state index in [9.17, 15) is 27.5 Å². The van der Waals surface area contributed by atoms with Crippen LogP contribution in [0, 0.1) is 5.82 Å². The Balaban J connectivity index is 1.42. The lowest BCUT2D eigenvalue weighted by atomic mass is 9.91. The molecule has 2 aromatic carbocycles. The predicted molar refractivity (Wildman–Crippen MR) is 126 cm³/mol. The minimum absolute atomic E-state index is 0.0411. The maximum Gasteiger partial charge on any atom is 0.323 e. The van der Waals surface area contributed by atoms with E-state index in [1.165, 1.54) is 12.1 Å². The van der Waals surface area contributed by atoms with Gasteiger partial charge in [0.05, 0.1) is 10.6 Å². The SMILES string of the molecule is CCS(=O)(=O)c1ccc(CCC(=O)N[C@H]2CCc3c(c4cc(F)ccc4n3CC(=O)O)C2)cc1. The van der Waals surface area contributed by atoms with E-state index < -0.39 is 15.8 Å². The first-order valence-electron chi connectivity index (χ1n) is 11.3. The topological polar surface area (TPSA) is 105 Å². The molecule has 1 heterocycles. The third-order valence-electron chi connectivity index (χ3n) is 6.39. The van der Waals surface area contributed by atoms with Gasteiger partial charge in [-0.05, 0) is 67.1 Å². The predicted octanol–water partition coefficient (Wildman–Crippen LogP) is 3.26. The van der Waals surface area contributed by atoms with E-state index in [0.717, 1.165) is 16.8 Å². The minimum atomic E-state index is -3.25. The molecule has 0 fully saturated rings. The summed E-state index contributed by atoms with van der Waals surface area (Å²) in [5.74, 6) is -1.41. The second kappa shape index (κ2) is 9.58. The van der Waals surface area contributed by atoms with Crippen LogP contribution in [0.3, 0.4) is 0 Å². The molecule has 180 valence electrons. The highest BCUT2D eigenvalue weighted by molar-refractivity contribution is 7.91. The van der Waals surface area contributed by atoms with Crippen molar-refractivity contribution in [3.8, 4) is 0 Å². The van der Waals surface area contributed by atoms with Gasteiger partial charge >= 0.3 is 5.97 Å². The van der Waals surface area contributed by atoms with Crippen LogP contribution in [0.5, 0.6) is 0 Å². The highest BCUT2D eigenvalue weighted by atomic mass is 32.2. The molecule has 1 amide bonds. The molecule has 4 rings (SSSR count).